The van der Waals surface area contributed by atoms with E-state index in [1.54, 1.807) is 0 Å². The molecule has 0 saturated carbocycles. The van der Waals surface area contributed by atoms with Crippen LogP contribution in [0.15, 0.2) is 6.20 Å². The maximum atomic E-state index is 12.9. The lowest BCUT2D eigenvalue weighted by atomic mass is 10.1. The fourth-order valence-corrected chi connectivity index (χ4v) is 2.38. The predicted octanol–water partition coefficient (Wildman–Crippen LogP) is 2.89. The largest absolute Gasteiger partial charge is 0.350 e. The molecule has 0 aliphatic rings. The molecule has 0 bridgehead atoms. The summed E-state index contributed by atoms with van der Waals surface area (Å²) in [6, 6.07) is 0. The Bertz CT molecular complexity index is 265. The molecule has 11 heavy (non-hydrogen) atoms. The van der Waals surface area contributed by atoms with Crippen LogP contribution in [0, 0.1) is 9.39 Å². The summed E-state index contributed by atoms with van der Waals surface area (Å²) in [6.45, 7) is 4.13. The highest BCUT2D eigenvalue weighted by atomic mass is 127. The van der Waals surface area contributed by atoms with E-state index in [0.29, 0.717) is 5.92 Å². The number of hydrogen-bond donors (Lipinski definition) is 0. The Hall–Kier alpha value is -0.0600. The fraction of sp³-hybridized carbons (Fsp3) is 0.500. The summed E-state index contributed by atoms with van der Waals surface area (Å²) in [5, 5.41) is 0. The molecule has 3 heteroatoms. The van der Waals surface area contributed by atoms with E-state index in [-0.39, 0.29) is 5.82 Å². The summed E-state index contributed by atoms with van der Waals surface area (Å²) in [5.41, 5.74) is 1.07. The molecular weight excluding hydrogens is 256 g/mol. The van der Waals surface area contributed by atoms with Crippen LogP contribution in [-0.4, -0.2) is 4.57 Å². The van der Waals surface area contributed by atoms with Gasteiger partial charge in [0.15, 0.2) is 5.82 Å². The molecule has 0 unspecified atom stereocenters. The molecule has 0 fully saturated rings. The third-order valence-corrected chi connectivity index (χ3v) is 2.74. The minimum absolute atomic E-state index is 0.114. The Labute approximate surface area is 79.7 Å². The van der Waals surface area contributed by atoms with Crippen molar-refractivity contribution < 1.29 is 4.39 Å². The van der Waals surface area contributed by atoms with Crippen LogP contribution in [0.2, 0.25) is 0 Å². The average Bonchev–Trinajstić information content (AvgIpc) is 2.07. The molecule has 0 radical (unpaired) electrons. The third-order valence-electron chi connectivity index (χ3n) is 1.67. The molecule has 1 nitrogen and oxygen atoms in total. The van der Waals surface area contributed by atoms with Crippen molar-refractivity contribution in [3.63, 3.8) is 0 Å². The standard InChI is InChI=1S/C8H11FIN/c1-5(2)8-7(10)6(9)4-11(8)3/h4-5H,1-3H3. The lowest BCUT2D eigenvalue weighted by molar-refractivity contribution is 0.619. The molecule has 0 amide bonds. The van der Waals surface area contributed by atoms with Crippen LogP contribution >= 0.6 is 22.6 Å². The molecule has 0 aromatic carbocycles. The summed E-state index contributed by atoms with van der Waals surface area (Å²) < 4.78 is 15.5. The van der Waals surface area contributed by atoms with Crippen LogP contribution in [0.25, 0.3) is 0 Å². The normalized spacial score (nSPS) is 11.1. The van der Waals surface area contributed by atoms with Crippen LogP contribution in [-0.2, 0) is 7.05 Å². The van der Waals surface area contributed by atoms with E-state index in [9.17, 15) is 4.39 Å². The zero-order valence-electron chi connectivity index (χ0n) is 6.86. The first-order valence-corrected chi connectivity index (χ1v) is 4.62. The molecule has 1 heterocycles. The maximum absolute atomic E-state index is 12.9. The monoisotopic (exact) mass is 267 g/mol. The van der Waals surface area contributed by atoms with Crippen molar-refractivity contribution in [2.75, 3.05) is 0 Å². The van der Waals surface area contributed by atoms with Crippen LogP contribution in [0.5, 0.6) is 0 Å². The Morgan fingerprint density at radius 3 is 2.27 bits per heavy atom. The summed E-state index contributed by atoms with van der Waals surface area (Å²) in [7, 11) is 1.88. The van der Waals surface area contributed by atoms with Gasteiger partial charge in [-0.3, -0.25) is 0 Å². The van der Waals surface area contributed by atoms with Crippen molar-refractivity contribution >= 4 is 22.6 Å². The van der Waals surface area contributed by atoms with Gasteiger partial charge >= 0.3 is 0 Å². The van der Waals surface area contributed by atoms with Crippen LogP contribution in [0.1, 0.15) is 25.5 Å². The second kappa shape index (κ2) is 3.13. The Morgan fingerprint density at radius 2 is 2.09 bits per heavy atom. The van der Waals surface area contributed by atoms with E-state index in [1.165, 1.54) is 6.20 Å². The first kappa shape index (κ1) is 9.03. The molecular formula is C8H11FIN. The lowest BCUT2D eigenvalue weighted by Crippen LogP contribution is -1.98. The molecule has 0 saturated heterocycles. The van der Waals surface area contributed by atoms with Crippen molar-refractivity contribution in [3.8, 4) is 0 Å². The van der Waals surface area contributed by atoms with Crippen LogP contribution in [0.4, 0.5) is 4.39 Å². The molecule has 0 aliphatic heterocycles. The molecule has 1 aromatic rings. The fourth-order valence-electron chi connectivity index (χ4n) is 1.23. The van der Waals surface area contributed by atoms with Crippen molar-refractivity contribution in [2.45, 2.75) is 19.8 Å². The van der Waals surface area contributed by atoms with E-state index >= 15 is 0 Å². The van der Waals surface area contributed by atoms with Crippen molar-refractivity contribution in [1.29, 1.82) is 0 Å². The van der Waals surface area contributed by atoms with Gasteiger partial charge in [0.05, 0.1) is 3.57 Å². The van der Waals surface area contributed by atoms with Gasteiger partial charge in [-0.15, -0.1) is 0 Å². The highest BCUT2D eigenvalue weighted by Gasteiger charge is 2.13. The highest BCUT2D eigenvalue weighted by Crippen LogP contribution is 2.24. The van der Waals surface area contributed by atoms with Gasteiger partial charge in [0.2, 0.25) is 0 Å². The van der Waals surface area contributed by atoms with Crippen molar-refractivity contribution in [3.05, 3.63) is 21.3 Å². The van der Waals surface area contributed by atoms with E-state index in [1.807, 2.05) is 34.2 Å². The van der Waals surface area contributed by atoms with Gasteiger partial charge in [-0.1, -0.05) is 13.8 Å². The van der Waals surface area contributed by atoms with Crippen molar-refractivity contribution in [1.82, 2.24) is 4.57 Å². The van der Waals surface area contributed by atoms with E-state index < -0.39 is 0 Å². The Balaban J connectivity index is 3.22. The van der Waals surface area contributed by atoms with Gasteiger partial charge < -0.3 is 4.57 Å². The second-order valence-corrected chi connectivity index (χ2v) is 4.02. The highest BCUT2D eigenvalue weighted by molar-refractivity contribution is 14.1. The summed E-state index contributed by atoms with van der Waals surface area (Å²) in [5.74, 6) is 0.271. The van der Waals surface area contributed by atoms with Crippen LogP contribution < -0.4 is 0 Å². The first-order chi connectivity index (χ1) is 5.04. The Morgan fingerprint density at radius 1 is 1.55 bits per heavy atom. The maximum Gasteiger partial charge on any atom is 0.154 e. The van der Waals surface area contributed by atoms with Gasteiger partial charge in [-0.25, -0.2) is 4.39 Å². The van der Waals surface area contributed by atoms with Gasteiger partial charge in [-0.05, 0) is 28.5 Å². The predicted molar refractivity (Wildman–Crippen MR) is 52.2 cm³/mol. The SMILES string of the molecule is CC(C)c1c(I)c(F)cn1C. The van der Waals surface area contributed by atoms with Crippen LogP contribution in [0.3, 0.4) is 0 Å². The minimum atomic E-state index is -0.114. The quantitative estimate of drug-likeness (QED) is 0.689. The molecule has 0 aliphatic carbocycles. The van der Waals surface area contributed by atoms with Gasteiger partial charge in [0.1, 0.15) is 0 Å². The zero-order chi connectivity index (χ0) is 8.59. The van der Waals surface area contributed by atoms with Gasteiger partial charge in [0, 0.05) is 18.9 Å². The molecule has 0 atom stereocenters. The van der Waals surface area contributed by atoms with Crippen molar-refractivity contribution in [2.24, 2.45) is 7.05 Å². The third kappa shape index (κ3) is 1.58. The lowest BCUT2D eigenvalue weighted by Gasteiger charge is -2.06. The number of aromatic nitrogens is 1. The summed E-state index contributed by atoms with van der Waals surface area (Å²) in [6.07, 6.45) is 1.52. The van der Waals surface area contributed by atoms with Gasteiger partial charge in [-0.2, -0.15) is 0 Å². The summed E-state index contributed by atoms with van der Waals surface area (Å²) in [4.78, 5) is 0. The Kier molecular flexibility index (Phi) is 2.57. The van der Waals surface area contributed by atoms with Gasteiger partial charge in [0.25, 0.3) is 0 Å². The topological polar surface area (TPSA) is 4.93 Å². The van der Waals surface area contributed by atoms with E-state index in [4.69, 9.17) is 0 Å². The van der Waals surface area contributed by atoms with E-state index in [0.717, 1.165) is 9.26 Å². The molecule has 0 spiro atoms. The smallest absolute Gasteiger partial charge is 0.154 e. The zero-order valence-corrected chi connectivity index (χ0v) is 9.02. The van der Waals surface area contributed by atoms with E-state index in [2.05, 4.69) is 13.8 Å². The molecule has 62 valence electrons. The number of nitrogens with zero attached hydrogens (tertiary/aromatic N) is 1. The first-order valence-electron chi connectivity index (χ1n) is 3.54. The molecule has 1 rings (SSSR count). The number of aryl methyl sites for hydroxylation is 1. The molecule has 0 N–H and O–H groups in total. The average molecular weight is 267 g/mol. The number of rotatable bonds is 1. The second-order valence-electron chi connectivity index (χ2n) is 2.94. The number of hydrogen-bond acceptors (Lipinski definition) is 0. The number of halogens is 2. The molecule has 1 aromatic heterocycles. The minimum Gasteiger partial charge on any atom is -0.350 e. The summed E-state index contributed by atoms with van der Waals surface area (Å²) >= 11 is 2.05.